The Hall–Kier alpha value is -2.07. The van der Waals surface area contributed by atoms with E-state index in [9.17, 15) is 0 Å². The fraction of sp³-hybridized carbons (Fsp3) is 0. The van der Waals surface area contributed by atoms with Gasteiger partial charge >= 0.3 is 0 Å². The fourth-order valence-electron chi connectivity index (χ4n) is 1.76. The summed E-state index contributed by atoms with van der Waals surface area (Å²) in [5, 5.41) is 1.64. The van der Waals surface area contributed by atoms with Gasteiger partial charge in [-0.05, 0) is 12.1 Å². The van der Waals surface area contributed by atoms with Crippen molar-refractivity contribution in [2.45, 2.75) is 0 Å². The lowest BCUT2D eigenvalue weighted by atomic mass is 10.2. The number of benzene rings is 1. The zero-order valence-electron chi connectivity index (χ0n) is 9.08. The van der Waals surface area contributed by atoms with Crippen LogP contribution in [0.3, 0.4) is 0 Å². The molecule has 3 aromatic rings. The van der Waals surface area contributed by atoms with E-state index in [-0.39, 0.29) is 0 Å². The number of rotatable bonds is 2. The van der Waals surface area contributed by atoms with Crippen LogP contribution in [0.15, 0.2) is 54.9 Å². The van der Waals surface area contributed by atoms with E-state index >= 15 is 0 Å². The molecule has 0 amide bonds. The molecule has 3 rings (SSSR count). The highest BCUT2D eigenvalue weighted by molar-refractivity contribution is 7.18. The van der Waals surface area contributed by atoms with Crippen LogP contribution in [-0.4, -0.2) is 9.55 Å². The van der Waals surface area contributed by atoms with Crippen molar-refractivity contribution in [2.24, 2.45) is 0 Å². The normalized spacial score (nSPS) is 10.6. The third kappa shape index (κ3) is 1.83. The molecule has 0 saturated heterocycles. The first-order valence-electron chi connectivity index (χ1n) is 5.29. The number of thiazole rings is 1. The van der Waals surface area contributed by atoms with Crippen LogP contribution in [-0.2, 0) is 0 Å². The minimum Gasteiger partial charge on any atom is -0.375 e. The number of nitrogen functional groups attached to an aromatic ring is 1. The monoisotopic (exact) mass is 241 g/mol. The van der Waals surface area contributed by atoms with E-state index in [1.165, 1.54) is 11.3 Å². The van der Waals surface area contributed by atoms with Crippen molar-refractivity contribution in [1.29, 1.82) is 0 Å². The summed E-state index contributed by atoms with van der Waals surface area (Å²) in [7, 11) is 0. The third-order valence-electron chi connectivity index (χ3n) is 2.51. The quantitative estimate of drug-likeness (QED) is 0.748. The standard InChI is InChI=1S/C13H11N3S/c14-13-15-11(10-6-2-1-3-7-10)12(17-13)16-8-4-5-9-16/h1-9H,(H2,14,15). The van der Waals surface area contributed by atoms with Crippen molar-refractivity contribution in [1.82, 2.24) is 9.55 Å². The van der Waals surface area contributed by atoms with E-state index in [4.69, 9.17) is 5.73 Å². The summed E-state index contributed by atoms with van der Waals surface area (Å²) in [6, 6.07) is 14.1. The second-order valence-corrected chi connectivity index (χ2v) is 4.67. The Balaban J connectivity index is 2.18. The number of hydrogen-bond acceptors (Lipinski definition) is 3. The molecule has 1 aromatic carbocycles. The Labute approximate surface area is 103 Å². The third-order valence-corrected chi connectivity index (χ3v) is 3.41. The van der Waals surface area contributed by atoms with Gasteiger partial charge in [-0.25, -0.2) is 4.98 Å². The van der Waals surface area contributed by atoms with E-state index in [0.717, 1.165) is 16.3 Å². The van der Waals surface area contributed by atoms with E-state index < -0.39 is 0 Å². The van der Waals surface area contributed by atoms with Gasteiger partial charge in [0.05, 0.1) is 0 Å². The topological polar surface area (TPSA) is 43.8 Å². The predicted molar refractivity (Wildman–Crippen MR) is 71.3 cm³/mol. The summed E-state index contributed by atoms with van der Waals surface area (Å²) in [4.78, 5) is 4.41. The van der Waals surface area contributed by atoms with E-state index in [1.54, 1.807) is 0 Å². The Morgan fingerprint density at radius 3 is 2.41 bits per heavy atom. The van der Waals surface area contributed by atoms with Crippen LogP contribution >= 0.6 is 11.3 Å². The van der Waals surface area contributed by atoms with Crippen LogP contribution in [0.5, 0.6) is 0 Å². The van der Waals surface area contributed by atoms with Crippen molar-refractivity contribution < 1.29 is 0 Å². The maximum absolute atomic E-state index is 5.82. The maximum atomic E-state index is 5.82. The SMILES string of the molecule is Nc1nc(-c2ccccc2)c(-n2cccc2)s1. The zero-order valence-corrected chi connectivity index (χ0v) is 9.89. The lowest BCUT2D eigenvalue weighted by molar-refractivity contribution is 1.11. The first-order chi connectivity index (χ1) is 8.34. The van der Waals surface area contributed by atoms with Crippen LogP contribution < -0.4 is 5.73 Å². The molecular weight excluding hydrogens is 230 g/mol. The van der Waals surface area contributed by atoms with Crippen LogP contribution in [0, 0.1) is 0 Å². The number of hydrogen-bond donors (Lipinski definition) is 1. The van der Waals surface area contributed by atoms with Gasteiger partial charge in [-0.1, -0.05) is 41.7 Å². The van der Waals surface area contributed by atoms with Crippen molar-refractivity contribution in [2.75, 3.05) is 5.73 Å². The molecule has 2 heterocycles. The van der Waals surface area contributed by atoms with Gasteiger partial charge in [0.2, 0.25) is 0 Å². The number of nitrogens with two attached hydrogens (primary N) is 1. The lowest BCUT2D eigenvalue weighted by Crippen LogP contribution is -1.89. The van der Waals surface area contributed by atoms with Crippen molar-refractivity contribution in [3.63, 3.8) is 0 Å². The first-order valence-corrected chi connectivity index (χ1v) is 6.11. The van der Waals surface area contributed by atoms with Crippen LogP contribution in [0.1, 0.15) is 0 Å². The van der Waals surface area contributed by atoms with Gasteiger partial charge in [-0.15, -0.1) is 0 Å². The molecule has 0 radical (unpaired) electrons. The molecule has 17 heavy (non-hydrogen) atoms. The van der Waals surface area contributed by atoms with Gasteiger partial charge in [-0.3, -0.25) is 0 Å². The Kier molecular flexibility index (Phi) is 2.42. The van der Waals surface area contributed by atoms with Gasteiger partial charge in [0.15, 0.2) is 5.13 Å². The summed E-state index contributed by atoms with van der Waals surface area (Å²) >= 11 is 1.50. The zero-order chi connectivity index (χ0) is 11.7. The van der Waals surface area contributed by atoms with Gasteiger partial charge in [0, 0.05) is 18.0 Å². The number of nitrogens with zero attached hydrogens (tertiary/aromatic N) is 2. The molecule has 0 unspecified atom stereocenters. The highest BCUT2D eigenvalue weighted by Crippen LogP contribution is 2.32. The first kappa shape index (κ1) is 10.1. The molecule has 0 saturated carbocycles. The number of aromatic nitrogens is 2. The van der Waals surface area contributed by atoms with Crippen LogP contribution in [0.25, 0.3) is 16.3 Å². The molecule has 0 aliphatic carbocycles. The lowest BCUT2D eigenvalue weighted by Gasteiger charge is -2.02. The highest BCUT2D eigenvalue weighted by atomic mass is 32.1. The molecule has 2 N–H and O–H groups in total. The van der Waals surface area contributed by atoms with Crippen LogP contribution in [0.2, 0.25) is 0 Å². The molecule has 0 atom stereocenters. The summed E-state index contributed by atoms with van der Waals surface area (Å²) in [5.74, 6) is 0. The summed E-state index contributed by atoms with van der Waals surface area (Å²) in [6.45, 7) is 0. The van der Waals surface area contributed by atoms with Gasteiger partial charge in [-0.2, -0.15) is 0 Å². The average Bonchev–Trinajstić information content (AvgIpc) is 2.98. The Bertz CT molecular complexity index is 611. The van der Waals surface area contributed by atoms with Crippen LogP contribution in [0.4, 0.5) is 5.13 Å². The number of anilines is 1. The van der Waals surface area contributed by atoms with E-state index in [0.29, 0.717) is 5.13 Å². The second-order valence-electron chi connectivity index (χ2n) is 3.66. The average molecular weight is 241 g/mol. The molecule has 3 nitrogen and oxygen atoms in total. The van der Waals surface area contributed by atoms with Gasteiger partial charge in [0.1, 0.15) is 10.7 Å². The molecule has 0 fully saturated rings. The highest BCUT2D eigenvalue weighted by Gasteiger charge is 2.12. The smallest absolute Gasteiger partial charge is 0.182 e. The Morgan fingerprint density at radius 2 is 1.71 bits per heavy atom. The van der Waals surface area contributed by atoms with Gasteiger partial charge < -0.3 is 10.3 Å². The summed E-state index contributed by atoms with van der Waals surface area (Å²) in [5.41, 5.74) is 7.84. The molecule has 0 aliphatic heterocycles. The van der Waals surface area contributed by atoms with Crippen molar-refractivity contribution >= 4 is 16.5 Å². The minimum absolute atomic E-state index is 0.590. The second kappa shape index (κ2) is 4.07. The molecule has 84 valence electrons. The molecule has 4 heteroatoms. The minimum atomic E-state index is 0.590. The maximum Gasteiger partial charge on any atom is 0.182 e. The predicted octanol–water partition coefficient (Wildman–Crippen LogP) is 3.18. The van der Waals surface area contributed by atoms with E-state index in [2.05, 4.69) is 4.98 Å². The van der Waals surface area contributed by atoms with Crippen molar-refractivity contribution in [3.05, 3.63) is 54.9 Å². The molecule has 0 bridgehead atoms. The van der Waals surface area contributed by atoms with Gasteiger partial charge in [0.25, 0.3) is 0 Å². The summed E-state index contributed by atoms with van der Waals surface area (Å²) in [6.07, 6.45) is 4.00. The van der Waals surface area contributed by atoms with E-state index in [1.807, 2.05) is 59.4 Å². The molecule has 0 spiro atoms. The molecular formula is C13H11N3S. The molecule has 2 aromatic heterocycles. The molecule has 0 aliphatic rings. The Morgan fingerprint density at radius 1 is 1.00 bits per heavy atom. The van der Waals surface area contributed by atoms with Crippen molar-refractivity contribution in [3.8, 4) is 16.3 Å². The largest absolute Gasteiger partial charge is 0.375 e. The fourth-order valence-corrected chi connectivity index (χ4v) is 2.58. The summed E-state index contributed by atoms with van der Waals surface area (Å²) < 4.78 is 2.04.